The van der Waals surface area contributed by atoms with E-state index < -0.39 is 12.7 Å². The van der Waals surface area contributed by atoms with Crippen LogP contribution in [0.15, 0.2) is 24.3 Å². The van der Waals surface area contributed by atoms with Crippen molar-refractivity contribution in [1.82, 2.24) is 25.1 Å². The van der Waals surface area contributed by atoms with Gasteiger partial charge >= 0.3 is 6.18 Å². The number of anilines is 1. The molecule has 0 unspecified atom stereocenters. The standard InChI is InChI=1S/C17H23F3N6O/c18-17(19,20)12-26-23-16(22-24-26)9-21-15-4-2-1-3-14(15)10-25-7-5-13(11-27)6-8-25/h1-4,13,21,27H,5-12H2. The molecule has 0 spiro atoms. The Balaban J connectivity index is 1.56. The number of para-hydroxylation sites is 1. The number of nitrogens with zero attached hydrogens (tertiary/aromatic N) is 5. The Hall–Kier alpha value is -2.20. The highest BCUT2D eigenvalue weighted by Crippen LogP contribution is 2.22. The molecule has 0 amide bonds. The Bertz CT molecular complexity index is 727. The Labute approximate surface area is 155 Å². The van der Waals surface area contributed by atoms with Crippen LogP contribution in [0.4, 0.5) is 18.9 Å². The van der Waals surface area contributed by atoms with E-state index in [2.05, 4.69) is 25.6 Å². The van der Waals surface area contributed by atoms with Gasteiger partial charge in [0, 0.05) is 18.8 Å². The minimum atomic E-state index is -4.37. The Kier molecular flexibility index (Phi) is 6.27. The van der Waals surface area contributed by atoms with Gasteiger partial charge in [-0.2, -0.15) is 18.0 Å². The van der Waals surface area contributed by atoms with E-state index in [1.54, 1.807) is 0 Å². The van der Waals surface area contributed by atoms with E-state index in [0.717, 1.165) is 43.7 Å². The van der Waals surface area contributed by atoms with Gasteiger partial charge in [0.1, 0.15) is 0 Å². The molecule has 3 rings (SSSR count). The third-order valence-corrected chi connectivity index (χ3v) is 4.63. The first-order chi connectivity index (χ1) is 12.9. The smallest absolute Gasteiger partial charge is 0.396 e. The Morgan fingerprint density at radius 1 is 1.19 bits per heavy atom. The van der Waals surface area contributed by atoms with Crippen LogP contribution in [0.3, 0.4) is 0 Å². The van der Waals surface area contributed by atoms with Gasteiger partial charge in [-0.15, -0.1) is 10.2 Å². The molecule has 1 fully saturated rings. The number of hydrogen-bond donors (Lipinski definition) is 2. The van der Waals surface area contributed by atoms with Crippen molar-refractivity contribution in [3.63, 3.8) is 0 Å². The van der Waals surface area contributed by atoms with E-state index in [0.29, 0.717) is 10.7 Å². The Morgan fingerprint density at radius 3 is 2.63 bits per heavy atom. The monoisotopic (exact) mass is 384 g/mol. The average molecular weight is 384 g/mol. The zero-order valence-corrected chi connectivity index (χ0v) is 14.9. The molecule has 148 valence electrons. The van der Waals surface area contributed by atoms with Crippen molar-refractivity contribution in [3.8, 4) is 0 Å². The van der Waals surface area contributed by atoms with Crippen LogP contribution in [0.2, 0.25) is 0 Å². The summed E-state index contributed by atoms with van der Waals surface area (Å²) in [6.07, 6.45) is -2.40. The number of piperidine rings is 1. The summed E-state index contributed by atoms with van der Waals surface area (Å²) in [6.45, 7) is 1.84. The molecule has 0 atom stereocenters. The van der Waals surface area contributed by atoms with Gasteiger partial charge in [0.25, 0.3) is 0 Å². The molecule has 27 heavy (non-hydrogen) atoms. The third kappa shape index (κ3) is 5.90. The SMILES string of the molecule is OCC1CCN(Cc2ccccc2NCc2nnn(CC(F)(F)F)n2)CC1. The largest absolute Gasteiger partial charge is 0.409 e. The number of alkyl halides is 3. The number of halogens is 3. The summed E-state index contributed by atoms with van der Waals surface area (Å²) in [5, 5.41) is 23.3. The molecule has 1 saturated heterocycles. The molecule has 10 heteroatoms. The molecule has 0 saturated carbocycles. The molecule has 1 aliphatic rings. The zero-order valence-electron chi connectivity index (χ0n) is 14.9. The molecule has 0 aliphatic carbocycles. The fraction of sp³-hybridized carbons (Fsp3) is 0.588. The predicted molar refractivity (Wildman–Crippen MR) is 92.7 cm³/mol. The number of aliphatic hydroxyl groups excluding tert-OH is 1. The van der Waals surface area contributed by atoms with Gasteiger partial charge in [0.2, 0.25) is 0 Å². The van der Waals surface area contributed by atoms with E-state index in [4.69, 9.17) is 0 Å². The molecule has 0 bridgehead atoms. The van der Waals surface area contributed by atoms with E-state index in [-0.39, 0.29) is 19.0 Å². The molecule has 1 aromatic carbocycles. The first-order valence-corrected chi connectivity index (χ1v) is 8.91. The highest BCUT2D eigenvalue weighted by molar-refractivity contribution is 5.51. The molecule has 0 radical (unpaired) electrons. The first-order valence-electron chi connectivity index (χ1n) is 8.91. The van der Waals surface area contributed by atoms with E-state index in [1.807, 2.05) is 24.3 Å². The quantitative estimate of drug-likeness (QED) is 0.761. The number of hydrogen-bond acceptors (Lipinski definition) is 6. The van der Waals surface area contributed by atoms with Gasteiger partial charge in [-0.25, -0.2) is 0 Å². The normalized spacial score (nSPS) is 16.6. The topological polar surface area (TPSA) is 79.1 Å². The van der Waals surface area contributed by atoms with Crippen LogP contribution in [0.25, 0.3) is 0 Å². The van der Waals surface area contributed by atoms with Crippen LogP contribution in [-0.4, -0.2) is 56.1 Å². The lowest BCUT2D eigenvalue weighted by atomic mass is 9.97. The van der Waals surface area contributed by atoms with E-state index >= 15 is 0 Å². The summed E-state index contributed by atoms with van der Waals surface area (Å²) in [7, 11) is 0. The third-order valence-electron chi connectivity index (χ3n) is 4.63. The number of likely N-dealkylation sites (tertiary alicyclic amines) is 1. The van der Waals surface area contributed by atoms with Crippen molar-refractivity contribution in [1.29, 1.82) is 0 Å². The number of benzene rings is 1. The lowest BCUT2D eigenvalue weighted by Crippen LogP contribution is -2.34. The van der Waals surface area contributed by atoms with Crippen molar-refractivity contribution in [2.24, 2.45) is 5.92 Å². The van der Waals surface area contributed by atoms with Gasteiger partial charge in [-0.05, 0) is 48.7 Å². The van der Waals surface area contributed by atoms with Crippen molar-refractivity contribution in [3.05, 3.63) is 35.7 Å². The van der Waals surface area contributed by atoms with E-state index in [9.17, 15) is 18.3 Å². The number of rotatable bonds is 7. The summed E-state index contributed by atoms with van der Waals surface area (Å²) < 4.78 is 37.1. The molecule has 2 N–H and O–H groups in total. The maximum absolute atomic E-state index is 12.4. The number of tetrazole rings is 1. The molecule has 2 heterocycles. The van der Waals surface area contributed by atoms with Crippen molar-refractivity contribution in [2.75, 3.05) is 25.0 Å². The highest BCUT2D eigenvalue weighted by atomic mass is 19.4. The molecule has 1 aromatic heterocycles. The summed E-state index contributed by atoms with van der Waals surface area (Å²) >= 11 is 0. The van der Waals surface area contributed by atoms with Crippen molar-refractivity contribution in [2.45, 2.75) is 38.7 Å². The number of aliphatic hydroxyl groups is 1. The molecular weight excluding hydrogens is 361 g/mol. The zero-order chi connectivity index (χ0) is 19.3. The lowest BCUT2D eigenvalue weighted by Gasteiger charge is -2.31. The Morgan fingerprint density at radius 2 is 1.93 bits per heavy atom. The molecular formula is C17H23F3N6O. The average Bonchev–Trinajstić information content (AvgIpc) is 3.07. The number of nitrogens with one attached hydrogen (secondary N) is 1. The molecule has 7 nitrogen and oxygen atoms in total. The summed E-state index contributed by atoms with van der Waals surface area (Å²) in [4.78, 5) is 2.89. The van der Waals surface area contributed by atoms with Gasteiger partial charge in [0.15, 0.2) is 12.4 Å². The summed E-state index contributed by atoms with van der Waals surface area (Å²) in [5.41, 5.74) is 2.00. The van der Waals surface area contributed by atoms with E-state index in [1.165, 1.54) is 0 Å². The van der Waals surface area contributed by atoms with Gasteiger partial charge in [-0.3, -0.25) is 4.90 Å². The fourth-order valence-electron chi connectivity index (χ4n) is 3.15. The maximum atomic E-state index is 12.4. The van der Waals surface area contributed by atoms with Gasteiger partial charge in [0.05, 0.1) is 6.54 Å². The van der Waals surface area contributed by atoms with Crippen LogP contribution >= 0.6 is 0 Å². The second-order valence-corrected chi connectivity index (χ2v) is 6.76. The second kappa shape index (κ2) is 8.66. The summed E-state index contributed by atoms with van der Waals surface area (Å²) in [6, 6.07) is 7.81. The summed E-state index contributed by atoms with van der Waals surface area (Å²) in [5.74, 6) is 0.595. The first kappa shape index (κ1) is 19.6. The molecule has 1 aliphatic heterocycles. The van der Waals surface area contributed by atoms with Crippen molar-refractivity contribution >= 4 is 5.69 Å². The minimum absolute atomic E-state index is 0.196. The van der Waals surface area contributed by atoms with Gasteiger partial charge < -0.3 is 10.4 Å². The minimum Gasteiger partial charge on any atom is -0.396 e. The molecule has 2 aromatic rings. The maximum Gasteiger partial charge on any atom is 0.409 e. The highest BCUT2D eigenvalue weighted by Gasteiger charge is 2.29. The van der Waals surface area contributed by atoms with Crippen molar-refractivity contribution < 1.29 is 18.3 Å². The van der Waals surface area contributed by atoms with Crippen LogP contribution in [0.1, 0.15) is 24.2 Å². The fourth-order valence-corrected chi connectivity index (χ4v) is 3.15. The van der Waals surface area contributed by atoms with Gasteiger partial charge in [-0.1, -0.05) is 18.2 Å². The predicted octanol–water partition coefficient (Wildman–Crippen LogP) is 2.05. The second-order valence-electron chi connectivity index (χ2n) is 6.76. The van der Waals surface area contributed by atoms with Crippen LogP contribution in [0, 0.1) is 5.92 Å². The number of aromatic nitrogens is 4. The van der Waals surface area contributed by atoms with Crippen LogP contribution in [0.5, 0.6) is 0 Å². The van der Waals surface area contributed by atoms with Crippen LogP contribution < -0.4 is 5.32 Å². The van der Waals surface area contributed by atoms with Crippen LogP contribution in [-0.2, 0) is 19.6 Å². The lowest BCUT2D eigenvalue weighted by molar-refractivity contribution is -0.145.